The van der Waals surface area contributed by atoms with Gasteiger partial charge in [-0.25, -0.2) is 0 Å². The van der Waals surface area contributed by atoms with E-state index in [1.165, 1.54) is 51.5 Å². The van der Waals surface area contributed by atoms with Crippen molar-refractivity contribution in [2.75, 3.05) is 13.1 Å². The summed E-state index contributed by atoms with van der Waals surface area (Å²) in [6, 6.07) is 0.815. The molecule has 0 aromatic heterocycles. The second-order valence-electron chi connectivity index (χ2n) is 5.56. The van der Waals surface area contributed by atoms with Crippen LogP contribution in [0, 0.1) is 11.8 Å². The number of hydrogen-bond donors (Lipinski definition) is 2. The summed E-state index contributed by atoms with van der Waals surface area (Å²) in [6.45, 7) is 6.68. The Morgan fingerprint density at radius 2 is 2.12 bits per heavy atom. The molecule has 3 unspecified atom stereocenters. The highest BCUT2D eigenvalue weighted by atomic mass is 14.9. The minimum absolute atomic E-state index is 0.804. The molecule has 0 aromatic rings. The average molecular weight is 226 g/mol. The molecule has 16 heavy (non-hydrogen) atoms. The van der Waals surface area contributed by atoms with Crippen LogP contribution >= 0.6 is 0 Å². The van der Waals surface area contributed by atoms with Crippen LogP contribution in [0.2, 0.25) is 0 Å². The Kier molecular flexibility index (Phi) is 7.06. The van der Waals surface area contributed by atoms with Gasteiger partial charge in [0, 0.05) is 6.04 Å². The summed E-state index contributed by atoms with van der Waals surface area (Å²) < 4.78 is 0. The Balaban J connectivity index is 1.95. The molecule has 0 radical (unpaired) electrons. The van der Waals surface area contributed by atoms with E-state index >= 15 is 0 Å². The third-order valence-electron chi connectivity index (χ3n) is 4.08. The molecule has 3 N–H and O–H groups in total. The molecular formula is C14H30N2. The molecular weight excluding hydrogens is 196 g/mol. The minimum atomic E-state index is 0.804. The summed E-state index contributed by atoms with van der Waals surface area (Å²) in [4.78, 5) is 0. The van der Waals surface area contributed by atoms with Gasteiger partial charge in [0.05, 0.1) is 0 Å². The highest BCUT2D eigenvalue weighted by molar-refractivity contribution is 4.79. The van der Waals surface area contributed by atoms with Gasteiger partial charge in [0.15, 0.2) is 0 Å². The molecule has 0 heterocycles. The number of hydrogen-bond acceptors (Lipinski definition) is 2. The topological polar surface area (TPSA) is 38.0 Å². The predicted molar refractivity (Wildman–Crippen MR) is 71.5 cm³/mol. The first kappa shape index (κ1) is 14.0. The first-order chi connectivity index (χ1) is 7.76. The van der Waals surface area contributed by atoms with Gasteiger partial charge in [-0.15, -0.1) is 0 Å². The van der Waals surface area contributed by atoms with Crippen molar-refractivity contribution >= 4 is 0 Å². The van der Waals surface area contributed by atoms with Crippen molar-refractivity contribution in [3.8, 4) is 0 Å². The van der Waals surface area contributed by atoms with E-state index in [0.717, 1.165) is 24.4 Å². The van der Waals surface area contributed by atoms with E-state index in [2.05, 4.69) is 19.2 Å². The normalized spacial score (nSPS) is 27.2. The van der Waals surface area contributed by atoms with Gasteiger partial charge < -0.3 is 11.1 Å². The lowest BCUT2D eigenvalue weighted by atomic mass is 10.0. The Hall–Kier alpha value is -0.0800. The van der Waals surface area contributed by atoms with Crippen LogP contribution in [0.15, 0.2) is 0 Å². The molecule has 0 amide bonds. The Labute approximate surface area is 101 Å². The molecule has 3 atom stereocenters. The summed E-state index contributed by atoms with van der Waals surface area (Å²) in [5, 5.41) is 3.71. The third-order valence-corrected chi connectivity index (χ3v) is 4.08. The second kappa shape index (κ2) is 8.08. The summed E-state index contributed by atoms with van der Waals surface area (Å²) in [7, 11) is 0. The molecule has 2 nitrogen and oxygen atoms in total. The molecule has 1 saturated carbocycles. The molecule has 96 valence electrons. The molecule has 1 aliphatic rings. The van der Waals surface area contributed by atoms with Gasteiger partial charge in [0.25, 0.3) is 0 Å². The molecule has 1 fully saturated rings. The molecule has 2 heteroatoms. The Morgan fingerprint density at radius 1 is 1.31 bits per heavy atom. The maximum atomic E-state index is 5.55. The van der Waals surface area contributed by atoms with Crippen molar-refractivity contribution in [2.24, 2.45) is 17.6 Å². The second-order valence-corrected chi connectivity index (χ2v) is 5.56. The van der Waals surface area contributed by atoms with Crippen LogP contribution in [0.3, 0.4) is 0 Å². The SMILES string of the molecule is CCC1CCC(NCCCC(C)CCN)C1. The van der Waals surface area contributed by atoms with Gasteiger partial charge in [-0.3, -0.25) is 0 Å². The number of rotatable bonds is 8. The minimum Gasteiger partial charge on any atom is -0.330 e. The average Bonchev–Trinajstić information content (AvgIpc) is 2.73. The fraction of sp³-hybridized carbons (Fsp3) is 1.00. The smallest absolute Gasteiger partial charge is 0.00698 e. The zero-order valence-electron chi connectivity index (χ0n) is 11.2. The highest BCUT2D eigenvalue weighted by Crippen LogP contribution is 2.27. The van der Waals surface area contributed by atoms with E-state index in [4.69, 9.17) is 5.73 Å². The van der Waals surface area contributed by atoms with Crippen LogP contribution in [0.25, 0.3) is 0 Å². The van der Waals surface area contributed by atoms with E-state index in [9.17, 15) is 0 Å². The summed E-state index contributed by atoms with van der Waals surface area (Å²) in [5.74, 6) is 1.80. The van der Waals surface area contributed by atoms with Gasteiger partial charge in [0.1, 0.15) is 0 Å². The van der Waals surface area contributed by atoms with Crippen molar-refractivity contribution in [1.29, 1.82) is 0 Å². The van der Waals surface area contributed by atoms with Crippen molar-refractivity contribution in [2.45, 2.75) is 64.8 Å². The Bertz CT molecular complexity index is 170. The molecule has 0 saturated heterocycles. The van der Waals surface area contributed by atoms with Gasteiger partial charge in [0.2, 0.25) is 0 Å². The first-order valence-electron chi connectivity index (χ1n) is 7.19. The number of nitrogens with one attached hydrogen (secondary N) is 1. The summed E-state index contributed by atoms with van der Waals surface area (Å²) in [5.41, 5.74) is 5.55. The van der Waals surface area contributed by atoms with Gasteiger partial charge in [-0.1, -0.05) is 20.3 Å². The monoisotopic (exact) mass is 226 g/mol. The Morgan fingerprint density at radius 3 is 2.75 bits per heavy atom. The van der Waals surface area contributed by atoms with Crippen molar-refractivity contribution in [3.63, 3.8) is 0 Å². The zero-order valence-corrected chi connectivity index (χ0v) is 11.2. The molecule has 0 aromatic carbocycles. The van der Waals surface area contributed by atoms with Crippen LogP contribution in [0.4, 0.5) is 0 Å². The lowest BCUT2D eigenvalue weighted by Gasteiger charge is -2.14. The molecule has 0 spiro atoms. The summed E-state index contributed by atoms with van der Waals surface area (Å²) in [6.07, 6.45) is 9.44. The number of nitrogens with two attached hydrogens (primary N) is 1. The quantitative estimate of drug-likeness (QED) is 0.625. The van der Waals surface area contributed by atoms with Crippen molar-refractivity contribution < 1.29 is 0 Å². The highest BCUT2D eigenvalue weighted by Gasteiger charge is 2.22. The first-order valence-corrected chi connectivity index (χ1v) is 7.19. The van der Waals surface area contributed by atoms with Crippen molar-refractivity contribution in [3.05, 3.63) is 0 Å². The lowest BCUT2D eigenvalue weighted by Crippen LogP contribution is -2.27. The van der Waals surface area contributed by atoms with Crippen LogP contribution in [-0.2, 0) is 0 Å². The standard InChI is InChI=1S/C14H30N2/c1-3-13-6-7-14(11-13)16-10-4-5-12(2)8-9-15/h12-14,16H,3-11,15H2,1-2H3. The predicted octanol–water partition coefficient (Wildman–Crippen LogP) is 2.92. The van der Waals surface area contributed by atoms with Gasteiger partial charge in [-0.05, 0) is 63.5 Å². The van der Waals surface area contributed by atoms with E-state index in [0.29, 0.717) is 0 Å². The van der Waals surface area contributed by atoms with E-state index < -0.39 is 0 Å². The maximum Gasteiger partial charge on any atom is 0.00698 e. The third kappa shape index (κ3) is 5.31. The molecule has 1 aliphatic carbocycles. The lowest BCUT2D eigenvalue weighted by molar-refractivity contribution is 0.436. The fourth-order valence-corrected chi connectivity index (χ4v) is 2.82. The zero-order chi connectivity index (χ0) is 11.8. The molecule has 0 aliphatic heterocycles. The van der Waals surface area contributed by atoms with Crippen LogP contribution in [0.5, 0.6) is 0 Å². The van der Waals surface area contributed by atoms with Crippen LogP contribution in [0.1, 0.15) is 58.8 Å². The van der Waals surface area contributed by atoms with Crippen molar-refractivity contribution in [1.82, 2.24) is 5.32 Å². The summed E-state index contributed by atoms with van der Waals surface area (Å²) >= 11 is 0. The molecule has 0 bridgehead atoms. The fourth-order valence-electron chi connectivity index (χ4n) is 2.82. The van der Waals surface area contributed by atoms with Gasteiger partial charge >= 0.3 is 0 Å². The van der Waals surface area contributed by atoms with E-state index in [-0.39, 0.29) is 0 Å². The van der Waals surface area contributed by atoms with E-state index in [1.807, 2.05) is 0 Å². The van der Waals surface area contributed by atoms with Crippen LogP contribution in [-0.4, -0.2) is 19.1 Å². The van der Waals surface area contributed by atoms with Gasteiger partial charge in [-0.2, -0.15) is 0 Å². The van der Waals surface area contributed by atoms with Crippen LogP contribution < -0.4 is 11.1 Å². The largest absolute Gasteiger partial charge is 0.330 e. The maximum absolute atomic E-state index is 5.55. The van der Waals surface area contributed by atoms with E-state index in [1.54, 1.807) is 0 Å². The molecule has 1 rings (SSSR count).